The molecule has 3 heterocycles. The lowest BCUT2D eigenvalue weighted by Crippen LogP contribution is -2.40. The lowest BCUT2D eigenvalue weighted by Gasteiger charge is -2.31. The Morgan fingerprint density at radius 1 is 1.03 bits per heavy atom. The Labute approximate surface area is 205 Å². The van der Waals surface area contributed by atoms with E-state index >= 15 is 4.39 Å². The van der Waals surface area contributed by atoms with E-state index < -0.39 is 35.5 Å². The van der Waals surface area contributed by atoms with Gasteiger partial charge in [-0.1, -0.05) is 6.07 Å². The van der Waals surface area contributed by atoms with Crippen LogP contribution in [0.4, 0.5) is 22.0 Å². The van der Waals surface area contributed by atoms with Crippen molar-refractivity contribution >= 4 is 16.9 Å². The first kappa shape index (κ1) is 24.7. The fourth-order valence-electron chi connectivity index (χ4n) is 4.63. The number of aromatic nitrogens is 4. The van der Waals surface area contributed by atoms with E-state index in [1.54, 1.807) is 4.90 Å². The summed E-state index contributed by atoms with van der Waals surface area (Å²) in [7, 11) is 0. The van der Waals surface area contributed by atoms with Crippen LogP contribution in [0, 0.1) is 17.5 Å². The molecule has 0 atom stereocenters. The number of hydrogen-bond acceptors (Lipinski definition) is 5. The molecule has 8 nitrogen and oxygen atoms in total. The van der Waals surface area contributed by atoms with E-state index in [1.165, 1.54) is 23.6 Å². The number of likely N-dealkylation sites (tertiary alicyclic amines) is 1. The van der Waals surface area contributed by atoms with Crippen LogP contribution in [-0.4, -0.2) is 43.2 Å². The molecule has 0 N–H and O–H groups in total. The van der Waals surface area contributed by atoms with Gasteiger partial charge in [0.1, 0.15) is 5.82 Å². The SMILES string of the molecule is CC(=O)N1CCC(n2c(=O)n(Cc3ccc(-c4nnc(C(F)F)o4)cc3F)c3cc(F)c(F)cc32)CC1. The minimum atomic E-state index is -2.98. The number of carbonyl (C=O) groups is 1. The Hall–Kier alpha value is -4.03. The zero-order valence-electron chi connectivity index (χ0n) is 19.4. The molecular formula is C24H20F5N5O3. The van der Waals surface area contributed by atoms with Gasteiger partial charge in [-0.25, -0.2) is 18.0 Å². The molecule has 0 spiro atoms. The Morgan fingerprint density at radius 3 is 2.30 bits per heavy atom. The summed E-state index contributed by atoms with van der Waals surface area (Å²) in [6.45, 7) is 1.95. The summed E-state index contributed by atoms with van der Waals surface area (Å²) in [5.74, 6) is -4.37. The van der Waals surface area contributed by atoms with Gasteiger partial charge < -0.3 is 9.32 Å². The molecule has 0 radical (unpaired) electrons. The van der Waals surface area contributed by atoms with Crippen molar-refractivity contribution < 1.29 is 31.2 Å². The van der Waals surface area contributed by atoms with Crippen LogP contribution >= 0.6 is 0 Å². The molecular weight excluding hydrogens is 501 g/mol. The highest BCUT2D eigenvalue weighted by molar-refractivity contribution is 5.77. The van der Waals surface area contributed by atoms with Crippen LogP contribution < -0.4 is 5.69 Å². The van der Waals surface area contributed by atoms with E-state index in [2.05, 4.69) is 10.2 Å². The van der Waals surface area contributed by atoms with Crippen molar-refractivity contribution in [1.82, 2.24) is 24.2 Å². The zero-order chi connectivity index (χ0) is 26.4. The van der Waals surface area contributed by atoms with Gasteiger partial charge in [-0.15, -0.1) is 10.2 Å². The van der Waals surface area contributed by atoms with Gasteiger partial charge in [-0.2, -0.15) is 8.78 Å². The van der Waals surface area contributed by atoms with E-state index in [4.69, 9.17) is 4.42 Å². The smallest absolute Gasteiger partial charge is 0.329 e. The van der Waals surface area contributed by atoms with Crippen molar-refractivity contribution in [3.8, 4) is 11.5 Å². The number of amides is 1. The minimum absolute atomic E-state index is 0.0367. The lowest BCUT2D eigenvalue weighted by molar-refractivity contribution is -0.130. The number of fused-ring (bicyclic) bond motifs is 1. The Balaban J connectivity index is 1.52. The summed E-state index contributed by atoms with van der Waals surface area (Å²) < 4.78 is 76.2. The van der Waals surface area contributed by atoms with Crippen molar-refractivity contribution in [1.29, 1.82) is 0 Å². The second-order valence-electron chi connectivity index (χ2n) is 8.78. The summed E-state index contributed by atoms with van der Waals surface area (Å²) in [5, 5.41) is 6.69. The summed E-state index contributed by atoms with van der Waals surface area (Å²) >= 11 is 0. The minimum Gasteiger partial charge on any atom is -0.415 e. The molecule has 37 heavy (non-hydrogen) atoms. The topological polar surface area (TPSA) is 86.2 Å². The Kier molecular flexibility index (Phi) is 6.30. The van der Waals surface area contributed by atoms with Crippen LogP contribution in [0.1, 0.15) is 43.7 Å². The van der Waals surface area contributed by atoms with Gasteiger partial charge >= 0.3 is 12.1 Å². The molecule has 0 unspecified atom stereocenters. The Bertz CT molecular complexity index is 1550. The van der Waals surface area contributed by atoms with Crippen molar-refractivity contribution in [2.45, 2.75) is 38.8 Å². The average Bonchev–Trinajstić information content (AvgIpc) is 3.45. The molecule has 1 fully saturated rings. The van der Waals surface area contributed by atoms with E-state index in [0.29, 0.717) is 25.9 Å². The van der Waals surface area contributed by atoms with Crippen LogP contribution in [-0.2, 0) is 11.3 Å². The van der Waals surface area contributed by atoms with Gasteiger partial charge in [0.25, 0.3) is 5.89 Å². The molecule has 4 aromatic rings. The molecule has 0 aliphatic carbocycles. The quantitative estimate of drug-likeness (QED) is 0.363. The standard InChI is InChI=1S/C24H20F5N5O3/c1-12(35)32-6-4-15(5-7-32)34-20-10-18(27)17(26)9-19(20)33(24(34)36)11-14-3-2-13(8-16(14)25)22-30-31-23(37-22)21(28)29/h2-3,8-10,15,21H,4-7,11H2,1H3. The molecule has 0 saturated carbocycles. The van der Waals surface area contributed by atoms with Crippen LogP contribution in [0.3, 0.4) is 0 Å². The molecule has 5 rings (SSSR count). The average molecular weight is 521 g/mol. The van der Waals surface area contributed by atoms with Crippen molar-refractivity contribution in [3.63, 3.8) is 0 Å². The molecule has 194 valence electrons. The third-order valence-corrected chi connectivity index (χ3v) is 6.54. The largest absolute Gasteiger partial charge is 0.415 e. The fourth-order valence-corrected chi connectivity index (χ4v) is 4.63. The molecule has 1 aliphatic heterocycles. The van der Waals surface area contributed by atoms with Crippen LogP contribution in [0.25, 0.3) is 22.5 Å². The summed E-state index contributed by atoms with van der Waals surface area (Å²) in [5.41, 5.74) is -0.244. The number of imidazole rings is 1. The first-order valence-electron chi connectivity index (χ1n) is 11.4. The van der Waals surface area contributed by atoms with Crippen LogP contribution in [0.15, 0.2) is 39.5 Å². The van der Waals surface area contributed by atoms with Crippen LogP contribution in [0.2, 0.25) is 0 Å². The number of rotatable bonds is 5. The van der Waals surface area contributed by atoms with Gasteiger partial charge in [-0.3, -0.25) is 13.9 Å². The molecule has 1 saturated heterocycles. The van der Waals surface area contributed by atoms with E-state index in [1.807, 2.05) is 0 Å². The lowest BCUT2D eigenvalue weighted by atomic mass is 10.0. The molecule has 1 amide bonds. The van der Waals surface area contributed by atoms with Crippen molar-refractivity contribution in [3.05, 3.63) is 69.7 Å². The third kappa shape index (κ3) is 4.49. The van der Waals surface area contributed by atoms with E-state index in [0.717, 1.165) is 22.8 Å². The number of benzene rings is 2. The van der Waals surface area contributed by atoms with Gasteiger partial charge in [0, 0.05) is 49.3 Å². The highest BCUT2D eigenvalue weighted by Crippen LogP contribution is 2.29. The molecule has 2 aromatic carbocycles. The highest BCUT2D eigenvalue weighted by atomic mass is 19.3. The third-order valence-electron chi connectivity index (χ3n) is 6.54. The monoisotopic (exact) mass is 521 g/mol. The predicted octanol–water partition coefficient (Wildman–Crippen LogP) is 4.44. The fraction of sp³-hybridized carbons (Fsp3) is 0.333. The van der Waals surface area contributed by atoms with E-state index in [-0.39, 0.29) is 46.5 Å². The first-order chi connectivity index (χ1) is 17.6. The zero-order valence-corrected chi connectivity index (χ0v) is 19.4. The maximum atomic E-state index is 15.0. The second-order valence-corrected chi connectivity index (χ2v) is 8.78. The van der Waals surface area contributed by atoms with Gasteiger partial charge in [0.05, 0.1) is 17.6 Å². The number of halogens is 5. The predicted molar refractivity (Wildman–Crippen MR) is 120 cm³/mol. The number of hydrogen-bond donors (Lipinski definition) is 0. The maximum Gasteiger partial charge on any atom is 0.329 e. The number of alkyl halides is 2. The first-order valence-corrected chi connectivity index (χ1v) is 11.4. The van der Waals surface area contributed by atoms with E-state index in [9.17, 15) is 27.2 Å². The highest BCUT2D eigenvalue weighted by Gasteiger charge is 2.27. The van der Waals surface area contributed by atoms with Crippen LogP contribution in [0.5, 0.6) is 0 Å². The number of carbonyl (C=O) groups excluding carboxylic acids is 1. The molecule has 13 heteroatoms. The Morgan fingerprint density at radius 2 is 1.70 bits per heavy atom. The summed E-state index contributed by atoms with van der Waals surface area (Å²) in [4.78, 5) is 26.8. The molecule has 1 aliphatic rings. The number of nitrogens with zero attached hydrogens (tertiary/aromatic N) is 5. The molecule has 2 aromatic heterocycles. The van der Waals surface area contributed by atoms with Crippen molar-refractivity contribution in [2.24, 2.45) is 0 Å². The maximum absolute atomic E-state index is 15.0. The van der Waals surface area contributed by atoms with Gasteiger partial charge in [0.15, 0.2) is 11.6 Å². The van der Waals surface area contributed by atoms with Gasteiger partial charge in [0.2, 0.25) is 11.8 Å². The van der Waals surface area contributed by atoms with Crippen molar-refractivity contribution in [2.75, 3.05) is 13.1 Å². The summed E-state index contributed by atoms with van der Waals surface area (Å²) in [6, 6.07) is 5.14. The molecule has 0 bridgehead atoms. The second kappa shape index (κ2) is 9.45. The summed E-state index contributed by atoms with van der Waals surface area (Å²) in [6.07, 6.45) is -2.11. The number of piperidine rings is 1. The normalized spacial score (nSPS) is 14.7. The van der Waals surface area contributed by atoms with Gasteiger partial charge in [-0.05, 0) is 25.0 Å².